The van der Waals surface area contributed by atoms with Crippen molar-refractivity contribution < 1.29 is 23.6 Å². The molecule has 1 N–H and O–H groups in total. The van der Waals surface area contributed by atoms with Gasteiger partial charge in [0.25, 0.3) is 5.97 Å². The molecule has 1 aliphatic heterocycles. The molecule has 200 valence electrons. The summed E-state index contributed by atoms with van der Waals surface area (Å²) in [5.74, 6) is -0.879. The predicted molar refractivity (Wildman–Crippen MR) is 148 cm³/mol. The molecule has 1 saturated heterocycles. The second-order valence-corrected chi connectivity index (χ2v) is 12.7. The highest BCUT2D eigenvalue weighted by atomic mass is 35.5. The average molecular weight is 559 g/mol. The lowest BCUT2D eigenvalue weighted by molar-refractivity contribution is -0.152. The van der Waals surface area contributed by atoms with Crippen molar-refractivity contribution in [2.45, 2.75) is 70.0 Å². The zero-order chi connectivity index (χ0) is 27.5. The predicted octanol–water partition coefficient (Wildman–Crippen LogP) is 6.39. The Morgan fingerprint density at radius 2 is 1.61 bits per heavy atom. The molecule has 0 spiro atoms. The van der Waals surface area contributed by atoms with Gasteiger partial charge in [0.05, 0.1) is 17.9 Å². The van der Waals surface area contributed by atoms with Gasteiger partial charge in [-0.05, 0) is 63.9 Å². The first kappa shape index (κ1) is 32.1. The first-order valence-corrected chi connectivity index (χ1v) is 13.7. The van der Waals surface area contributed by atoms with Crippen LogP contribution in [-0.2, 0) is 25.1 Å². The first-order chi connectivity index (χ1) is 16.8. The van der Waals surface area contributed by atoms with Crippen molar-refractivity contribution in [3.63, 3.8) is 0 Å². The lowest BCUT2D eigenvalue weighted by atomic mass is 10.00. The zero-order valence-electron chi connectivity index (χ0n) is 21.7. The number of hydrogen-bond donors (Lipinski definition) is 1. The Morgan fingerprint density at radius 1 is 1.11 bits per heavy atom. The number of aliphatic carboxylic acids is 1. The van der Waals surface area contributed by atoms with E-state index in [1.807, 2.05) is 94.1 Å². The van der Waals surface area contributed by atoms with Crippen molar-refractivity contribution in [1.82, 2.24) is 4.90 Å². The molecule has 4 unspecified atom stereocenters. The summed E-state index contributed by atoms with van der Waals surface area (Å²) in [5, 5.41) is 8.75. The fraction of sp³-hybridized carbons (Fsp3) is 0.481. The van der Waals surface area contributed by atoms with E-state index in [4.69, 9.17) is 37.8 Å². The first-order valence-electron chi connectivity index (χ1n) is 11.7. The molecule has 1 heterocycles. The standard InChI is InChI=1S/C19H28ClNO3S.C6H5Cl.C2H4O2/c1-6-16(13(2)25(23)19(3,4)5)21-17(11-24-12-18(21)22)14-7-9-15(20)10-8-14;7-6-4-2-1-3-5-6;1-2(3)4/h7-10,13,16-17H,6,11-12H2,1-5H3;1-5H;1H3,(H,3,4). The maximum absolute atomic E-state index is 12.9. The SMILES string of the molecule is CC(=O)O.CCC(C(C)S(=O)C(C)(C)C)N1C(=O)COCC1c1ccc(Cl)cc1.Clc1ccccc1. The van der Waals surface area contributed by atoms with Crippen molar-refractivity contribution >= 4 is 45.9 Å². The Labute approximate surface area is 227 Å². The second-order valence-electron chi connectivity index (χ2n) is 9.29. The number of halogens is 2. The van der Waals surface area contributed by atoms with Crippen LogP contribution in [0.3, 0.4) is 0 Å². The quantitative estimate of drug-likeness (QED) is 0.460. The van der Waals surface area contributed by atoms with Crippen molar-refractivity contribution in [1.29, 1.82) is 0 Å². The number of rotatable bonds is 5. The van der Waals surface area contributed by atoms with Crippen LogP contribution in [-0.4, -0.2) is 55.3 Å². The summed E-state index contributed by atoms with van der Waals surface area (Å²) in [6.45, 7) is 11.6. The van der Waals surface area contributed by atoms with Gasteiger partial charge >= 0.3 is 0 Å². The third kappa shape index (κ3) is 10.6. The van der Waals surface area contributed by atoms with Crippen molar-refractivity contribution in [2.75, 3.05) is 13.2 Å². The third-order valence-electron chi connectivity index (χ3n) is 5.37. The minimum absolute atomic E-state index is 0.0455. The lowest BCUT2D eigenvalue weighted by Crippen LogP contribution is -2.55. The van der Waals surface area contributed by atoms with Gasteiger partial charge < -0.3 is 14.7 Å². The van der Waals surface area contributed by atoms with Crippen LogP contribution in [0.15, 0.2) is 54.6 Å². The molecule has 36 heavy (non-hydrogen) atoms. The van der Waals surface area contributed by atoms with E-state index in [2.05, 4.69) is 0 Å². The number of hydrogen-bond acceptors (Lipinski definition) is 4. The molecule has 0 aromatic heterocycles. The number of carboxylic acids is 1. The van der Waals surface area contributed by atoms with E-state index < -0.39 is 16.8 Å². The van der Waals surface area contributed by atoms with Gasteiger partial charge in [-0.3, -0.25) is 13.8 Å². The smallest absolute Gasteiger partial charge is 0.300 e. The zero-order valence-corrected chi connectivity index (χ0v) is 24.1. The molecule has 9 heteroatoms. The molecule has 0 aliphatic carbocycles. The number of nitrogens with zero attached hydrogens (tertiary/aromatic N) is 1. The highest BCUT2D eigenvalue weighted by Gasteiger charge is 2.40. The van der Waals surface area contributed by atoms with Crippen LogP contribution in [0, 0.1) is 0 Å². The summed E-state index contributed by atoms with van der Waals surface area (Å²) >= 11 is 11.5. The molecule has 2 aromatic carbocycles. The number of carbonyl (C=O) groups excluding carboxylic acids is 1. The maximum Gasteiger partial charge on any atom is 0.300 e. The molecule has 2 aromatic rings. The maximum atomic E-state index is 12.9. The molecule has 6 nitrogen and oxygen atoms in total. The molecule has 1 aliphatic rings. The molecule has 3 rings (SSSR count). The Balaban J connectivity index is 0.000000486. The van der Waals surface area contributed by atoms with E-state index in [0.717, 1.165) is 23.9 Å². The van der Waals surface area contributed by atoms with Crippen LogP contribution >= 0.6 is 23.2 Å². The minimum Gasteiger partial charge on any atom is -0.481 e. The van der Waals surface area contributed by atoms with E-state index in [0.29, 0.717) is 11.6 Å². The number of amides is 1. The Kier molecular flexibility index (Phi) is 13.7. The summed E-state index contributed by atoms with van der Waals surface area (Å²) < 4.78 is 18.1. The number of carbonyl (C=O) groups is 2. The minimum atomic E-state index is -1.06. The van der Waals surface area contributed by atoms with Gasteiger partial charge in [0.15, 0.2) is 0 Å². The number of benzene rings is 2. The molecular formula is C27H37Cl2NO5S. The van der Waals surface area contributed by atoms with Gasteiger partial charge in [0, 0.05) is 38.6 Å². The molecule has 4 atom stereocenters. The van der Waals surface area contributed by atoms with Gasteiger partial charge in [0.2, 0.25) is 5.91 Å². The van der Waals surface area contributed by atoms with Gasteiger partial charge in [-0.25, -0.2) is 0 Å². The normalized spacial score (nSPS) is 18.1. The van der Waals surface area contributed by atoms with E-state index in [1.165, 1.54) is 0 Å². The van der Waals surface area contributed by atoms with Gasteiger partial charge in [-0.1, -0.05) is 60.5 Å². The number of carboxylic acid groups (broad SMARTS) is 1. The van der Waals surface area contributed by atoms with Crippen molar-refractivity contribution in [2.24, 2.45) is 0 Å². The monoisotopic (exact) mass is 557 g/mol. The van der Waals surface area contributed by atoms with Crippen LogP contribution in [0.25, 0.3) is 0 Å². The van der Waals surface area contributed by atoms with Crippen LogP contribution in [0.5, 0.6) is 0 Å². The van der Waals surface area contributed by atoms with Crippen LogP contribution in [0.2, 0.25) is 10.0 Å². The molecule has 0 radical (unpaired) electrons. The van der Waals surface area contributed by atoms with Crippen molar-refractivity contribution in [3.05, 3.63) is 70.2 Å². The topological polar surface area (TPSA) is 83.9 Å². The number of ether oxygens (including phenoxy) is 1. The second kappa shape index (κ2) is 15.4. The molecule has 0 saturated carbocycles. The van der Waals surface area contributed by atoms with Crippen LogP contribution < -0.4 is 0 Å². The average Bonchev–Trinajstić information content (AvgIpc) is 2.80. The van der Waals surface area contributed by atoms with Gasteiger partial charge in [-0.15, -0.1) is 0 Å². The number of morpholine rings is 1. The van der Waals surface area contributed by atoms with E-state index >= 15 is 0 Å². The largest absolute Gasteiger partial charge is 0.481 e. The molecule has 0 bridgehead atoms. The van der Waals surface area contributed by atoms with E-state index in [1.54, 1.807) is 0 Å². The Morgan fingerprint density at radius 3 is 2.03 bits per heavy atom. The molecule has 1 amide bonds. The third-order valence-corrected chi connectivity index (χ3v) is 8.07. The molecule has 1 fully saturated rings. The van der Waals surface area contributed by atoms with Gasteiger partial charge in [-0.2, -0.15) is 0 Å². The highest BCUT2D eigenvalue weighted by Crippen LogP contribution is 2.32. The van der Waals surface area contributed by atoms with E-state index in [-0.39, 0.29) is 34.6 Å². The Bertz CT molecular complexity index is 976. The fourth-order valence-corrected chi connectivity index (χ4v) is 5.81. The molecular weight excluding hydrogens is 521 g/mol. The summed E-state index contributed by atoms with van der Waals surface area (Å²) in [6, 6.07) is 16.7. The van der Waals surface area contributed by atoms with Crippen LogP contribution in [0.4, 0.5) is 0 Å². The summed E-state index contributed by atoms with van der Waals surface area (Å²) in [6.07, 6.45) is 0.749. The summed E-state index contributed by atoms with van der Waals surface area (Å²) in [5.41, 5.74) is 0.990. The highest BCUT2D eigenvalue weighted by molar-refractivity contribution is 7.87. The fourth-order valence-electron chi connectivity index (χ4n) is 3.81. The summed E-state index contributed by atoms with van der Waals surface area (Å²) in [4.78, 5) is 23.6. The lowest BCUT2D eigenvalue weighted by Gasteiger charge is -2.44. The van der Waals surface area contributed by atoms with Crippen LogP contribution in [0.1, 0.15) is 59.6 Å². The summed E-state index contributed by atoms with van der Waals surface area (Å²) in [7, 11) is -1.06. The van der Waals surface area contributed by atoms with Gasteiger partial charge in [0.1, 0.15) is 6.61 Å². The van der Waals surface area contributed by atoms with Crippen molar-refractivity contribution in [3.8, 4) is 0 Å². The van der Waals surface area contributed by atoms with E-state index in [9.17, 15) is 9.00 Å². The Hall–Kier alpha value is -1.93.